The largest absolute Gasteiger partial charge is 0.324 e. The smallest absolute Gasteiger partial charge is 0.124 e. The van der Waals surface area contributed by atoms with Crippen LogP contribution in [-0.4, -0.2) is 47.4 Å². The molecule has 2 unspecified atom stereocenters. The standard InChI is InChI=1S/C14H33N4OP/c1-12(2,3)14(7,15)19-20-16-18-10-8-17(9-11-18)13(4,5)6/h16,20H,8-11,15H2,1-7H3. The van der Waals surface area contributed by atoms with E-state index < -0.39 is 5.72 Å². The van der Waals surface area contributed by atoms with Crippen molar-refractivity contribution in [1.29, 1.82) is 0 Å². The van der Waals surface area contributed by atoms with Gasteiger partial charge in [-0.3, -0.25) is 4.90 Å². The highest BCUT2D eigenvalue weighted by atomic mass is 31.1. The van der Waals surface area contributed by atoms with Crippen LogP contribution < -0.4 is 10.9 Å². The Hall–Kier alpha value is 0.230. The fraction of sp³-hybridized carbons (Fsp3) is 1.00. The summed E-state index contributed by atoms with van der Waals surface area (Å²) in [4.78, 5) is 2.51. The summed E-state index contributed by atoms with van der Waals surface area (Å²) >= 11 is 0. The van der Waals surface area contributed by atoms with E-state index in [9.17, 15) is 0 Å². The molecule has 20 heavy (non-hydrogen) atoms. The van der Waals surface area contributed by atoms with Gasteiger partial charge >= 0.3 is 0 Å². The van der Waals surface area contributed by atoms with Crippen LogP contribution in [0.25, 0.3) is 0 Å². The molecule has 2 atom stereocenters. The normalized spacial score (nSPS) is 23.4. The van der Waals surface area contributed by atoms with E-state index in [0.717, 1.165) is 26.2 Å². The lowest BCUT2D eigenvalue weighted by Gasteiger charge is -2.43. The van der Waals surface area contributed by atoms with Crippen LogP contribution in [0.2, 0.25) is 0 Å². The minimum atomic E-state index is -0.619. The second-order valence-corrected chi connectivity index (χ2v) is 8.45. The summed E-state index contributed by atoms with van der Waals surface area (Å²) in [6, 6.07) is 0. The number of nitrogens with one attached hydrogen (secondary N) is 1. The van der Waals surface area contributed by atoms with Gasteiger partial charge in [-0.25, -0.2) is 10.2 Å². The molecule has 0 aromatic carbocycles. The highest BCUT2D eigenvalue weighted by Gasteiger charge is 2.35. The molecule has 0 amide bonds. The molecule has 120 valence electrons. The predicted octanol–water partition coefficient (Wildman–Crippen LogP) is 2.15. The monoisotopic (exact) mass is 304 g/mol. The Labute approximate surface area is 126 Å². The summed E-state index contributed by atoms with van der Waals surface area (Å²) < 4.78 is 5.83. The van der Waals surface area contributed by atoms with Gasteiger partial charge in [0.15, 0.2) is 0 Å². The van der Waals surface area contributed by atoms with Crippen LogP contribution in [0.15, 0.2) is 0 Å². The molecule has 0 aromatic heterocycles. The number of hydrogen-bond acceptors (Lipinski definition) is 5. The van der Waals surface area contributed by atoms with E-state index in [1.165, 1.54) is 0 Å². The molecule has 1 heterocycles. The van der Waals surface area contributed by atoms with Gasteiger partial charge in [-0.1, -0.05) is 20.8 Å². The Bertz CT molecular complexity index is 301. The van der Waals surface area contributed by atoms with Gasteiger partial charge in [0.25, 0.3) is 0 Å². The van der Waals surface area contributed by atoms with E-state index >= 15 is 0 Å². The highest BCUT2D eigenvalue weighted by molar-refractivity contribution is 7.29. The number of rotatable bonds is 4. The van der Waals surface area contributed by atoms with E-state index in [4.69, 9.17) is 10.3 Å². The summed E-state index contributed by atoms with van der Waals surface area (Å²) in [6.45, 7) is 19.2. The van der Waals surface area contributed by atoms with Crippen LogP contribution in [0.1, 0.15) is 48.5 Å². The summed E-state index contributed by atoms with van der Waals surface area (Å²) in [5, 5.41) is 5.59. The first-order valence-corrected chi connectivity index (χ1v) is 8.32. The lowest BCUT2D eigenvalue weighted by atomic mass is 9.85. The summed E-state index contributed by atoms with van der Waals surface area (Å²) in [6.07, 6.45) is 0. The zero-order valence-corrected chi connectivity index (χ0v) is 15.2. The zero-order valence-electron chi connectivity index (χ0n) is 14.2. The van der Waals surface area contributed by atoms with E-state index in [1.807, 2.05) is 6.92 Å². The minimum Gasteiger partial charge on any atom is -0.324 e. The lowest BCUT2D eigenvalue weighted by molar-refractivity contribution is -0.00387. The molecule has 1 aliphatic heterocycles. The molecule has 6 heteroatoms. The van der Waals surface area contributed by atoms with Crippen molar-refractivity contribution in [3.8, 4) is 0 Å². The van der Waals surface area contributed by atoms with Gasteiger partial charge in [0.1, 0.15) is 14.7 Å². The maximum absolute atomic E-state index is 6.21. The fourth-order valence-electron chi connectivity index (χ4n) is 1.84. The minimum absolute atomic E-state index is 0.0768. The van der Waals surface area contributed by atoms with E-state index in [2.05, 4.69) is 56.6 Å². The van der Waals surface area contributed by atoms with E-state index in [-0.39, 0.29) is 19.9 Å². The van der Waals surface area contributed by atoms with Gasteiger partial charge in [-0.15, -0.1) is 0 Å². The Balaban J connectivity index is 2.29. The SMILES string of the molecule is CC(C)(C)N1CCN(NPOC(C)(N)C(C)(C)C)CC1. The second kappa shape index (κ2) is 6.55. The summed E-state index contributed by atoms with van der Waals surface area (Å²) in [5.74, 6) is 0. The molecule has 0 bridgehead atoms. The fourth-order valence-corrected chi connectivity index (χ4v) is 2.75. The van der Waals surface area contributed by atoms with Crippen LogP contribution in [0.5, 0.6) is 0 Å². The first-order chi connectivity index (χ1) is 8.93. The molecule has 0 spiro atoms. The molecule has 1 aliphatic rings. The Morgan fingerprint density at radius 1 is 0.950 bits per heavy atom. The molecule has 1 saturated heterocycles. The molecular formula is C14H33N4OP. The molecule has 1 rings (SSSR count). The van der Waals surface area contributed by atoms with Crippen molar-refractivity contribution in [1.82, 2.24) is 15.1 Å². The molecule has 0 aliphatic carbocycles. The molecular weight excluding hydrogens is 271 g/mol. The Morgan fingerprint density at radius 3 is 1.85 bits per heavy atom. The third-order valence-electron chi connectivity index (χ3n) is 4.18. The van der Waals surface area contributed by atoms with Gasteiger partial charge in [-0.2, -0.15) is 0 Å². The van der Waals surface area contributed by atoms with Crippen molar-refractivity contribution in [3.05, 3.63) is 0 Å². The molecule has 0 saturated carbocycles. The van der Waals surface area contributed by atoms with Crippen molar-refractivity contribution < 1.29 is 4.52 Å². The Kier molecular flexibility index (Phi) is 5.99. The van der Waals surface area contributed by atoms with Crippen molar-refractivity contribution in [2.75, 3.05) is 26.2 Å². The number of nitrogens with zero attached hydrogens (tertiary/aromatic N) is 2. The first kappa shape index (κ1) is 18.3. The van der Waals surface area contributed by atoms with Crippen molar-refractivity contribution in [3.63, 3.8) is 0 Å². The van der Waals surface area contributed by atoms with Crippen LogP contribution in [0.3, 0.4) is 0 Å². The van der Waals surface area contributed by atoms with Crippen molar-refractivity contribution in [2.45, 2.75) is 59.7 Å². The van der Waals surface area contributed by atoms with Crippen LogP contribution in [0.4, 0.5) is 0 Å². The quantitative estimate of drug-likeness (QED) is 0.616. The maximum Gasteiger partial charge on any atom is 0.124 e. The van der Waals surface area contributed by atoms with Gasteiger partial charge in [0, 0.05) is 37.1 Å². The molecule has 3 N–H and O–H groups in total. The third kappa shape index (κ3) is 5.21. The van der Waals surface area contributed by atoms with Gasteiger partial charge < -0.3 is 10.3 Å². The highest BCUT2D eigenvalue weighted by Crippen LogP contribution is 2.33. The summed E-state index contributed by atoms with van der Waals surface area (Å²) in [5.41, 5.74) is 5.77. The average Bonchev–Trinajstić information content (AvgIpc) is 2.26. The van der Waals surface area contributed by atoms with Crippen LogP contribution >= 0.6 is 8.96 Å². The number of piperazine rings is 1. The topological polar surface area (TPSA) is 53.8 Å². The van der Waals surface area contributed by atoms with Gasteiger partial charge in [-0.05, 0) is 27.7 Å². The zero-order chi connectivity index (χ0) is 15.6. The summed E-state index contributed by atoms with van der Waals surface area (Å²) in [7, 11) is 0.199. The van der Waals surface area contributed by atoms with Gasteiger partial charge in [0.05, 0.1) is 0 Å². The molecule has 0 aromatic rings. The van der Waals surface area contributed by atoms with E-state index in [1.54, 1.807) is 0 Å². The van der Waals surface area contributed by atoms with Gasteiger partial charge in [0.2, 0.25) is 0 Å². The lowest BCUT2D eigenvalue weighted by Crippen LogP contribution is -2.55. The van der Waals surface area contributed by atoms with Crippen LogP contribution in [-0.2, 0) is 4.52 Å². The maximum atomic E-state index is 6.21. The molecule has 0 radical (unpaired) electrons. The number of hydrazine groups is 1. The predicted molar refractivity (Wildman–Crippen MR) is 87.5 cm³/mol. The van der Waals surface area contributed by atoms with E-state index in [0.29, 0.717) is 0 Å². The van der Waals surface area contributed by atoms with Crippen LogP contribution in [0, 0.1) is 5.41 Å². The third-order valence-corrected chi connectivity index (χ3v) is 5.12. The van der Waals surface area contributed by atoms with Crippen molar-refractivity contribution in [2.24, 2.45) is 11.1 Å². The Morgan fingerprint density at radius 2 is 1.45 bits per heavy atom. The number of nitrogens with two attached hydrogens (primary N) is 1. The molecule has 5 nitrogen and oxygen atoms in total. The first-order valence-electron chi connectivity index (χ1n) is 7.41. The second-order valence-electron chi connectivity index (χ2n) is 7.82. The number of hydrogen-bond donors (Lipinski definition) is 2. The average molecular weight is 304 g/mol. The molecule has 1 fully saturated rings. The van der Waals surface area contributed by atoms with Crippen molar-refractivity contribution >= 4 is 8.96 Å².